The first-order valence-electron chi connectivity index (χ1n) is 6.58. The summed E-state index contributed by atoms with van der Waals surface area (Å²) in [5.41, 5.74) is -0.596. The Morgan fingerprint density at radius 1 is 1.33 bits per heavy atom. The van der Waals surface area contributed by atoms with Crippen molar-refractivity contribution in [3.8, 4) is 5.88 Å². The van der Waals surface area contributed by atoms with Crippen LogP contribution in [0.3, 0.4) is 0 Å². The van der Waals surface area contributed by atoms with Crippen LogP contribution in [0.2, 0.25) is 0 Å². The van der Waals surface area contributed by atoms with Crippen LogP contribution in [0.5, 0.6) is 5.88 Å². The zero-order valence-electron chi connectivity index (χ0n) is 12.4. The molecule has 7 heteroatoms. The van der Waals surface area contributed by atoms with Crippen molar-refractivity contribution in [3.63, 3.8) is 0 Å². The van der Waals surface area contributed by atoms with Crippen molar-refractivity contribution in [1.29, 1.82) is 0 Å². The number of aromatic carboxylic acids is 1. The molecule has 2 N–H and O–H groups in total. The van der Waals surface area contributed by atoms with Crippen molar-refractivity contribution >= 4 is 12.1 Å². The van der Waals surface area contributed by atoms with Gasteiger partial charge in [-0.3, -0.25) is 0 Å². The number of aromatic nitrogens is 1. The summed E-state index contributed by atoms with van der Waals surface area (Å²) in [5.74, 6) is -0.862. The van der Waals surface area contributed by atoms with Gasteiger partial charge in [0, 0.05) is 12.6 Å². The number of alkyl carbamates (subject to hydrolysis) is 1. The number of rotatable bonds is 6. The molecule has 1 aromatic rings. The summed E-state index contributed by atoms with van der Waals surface area (Å²) in [6.07, 6.45) is 0.0756. The molecule has 21 heavy (non-hydrogen) atoms. The number of pyridine rings is 1. The molecular formula is C14H20N2O5. The van der Waals surface area contributed by atoms with E-state index in [0.717, 1.165) is 0 Å². The average molecular weight is 296 g/mol. The zero-order valence-corrected chi connectivity index (χ0v) is 12.4. The Bertz CT molecular complexity index is 496. The lowest BCUT2D eigenvalue weighted by molar-refractivity contribution is 0.0524. The molecule has 0 unspecified atom stereocenters. The Balaban J connectivity index is 2.24. The highest BCUT2D eigenvalue weighted by molar-refractivity contribution is 5.85. The van der Waals surface area contributed by atoms with Gasteiger partial charge in [-0.1, -0.05) is 6.07 Å². The molecule has 0 radical (unpaired) electrons. The van der Waals surface area contributed by atoms with Crippen LogP contribution in [0.4, 0.5) is 4.79 Å². The van der Waals surface area contributed by atoms with E-state index >= 15 is 0 Å². The van der Waals surface area contributed by atoms with Gasteiger partial charge in [-0.2, -0.15) is 0 Å². The van der Waals surface area contributed by atoms with E-state index in [-0.39, 0.29) is 11.6 Å². The number of nitrogens with zero attached hydrogens (tertiary/aromatic N) is 1. The highest BCUT2D eigenvalue weighted by Gasteiger charge is 2.15. The maximum atomic E-state index is 11.4. The van der Waals surface area contributed by atoms with Crippen LogP contribution in [0.25, 0.3) is 0 Å². The first-order chi connectivity index (χ1) is 9.78. The van der Waals surface area contributed by atoms with Gasteiger partial charge in [0.25, 0.3) is 0 Å². The zero-order chi connectivity index (χ0) is 15.9. The fraction of sp³-hybridized carbons (Fsp3) is 0.500. The van der Waals surface area contributed by atoms with Crippen LogP contribution >= 0.6 is 0 Å². The fourth-order valence-electron chi connectivity index (χ4n) is 1.37. The molecular weight excluding hydrogens is 276 g/mol. The van der Waals surface area contributed by atoms with Crippen molar-refractivity contribution in [2.45, 2.75) is 32.8 Å². The van der Waals surface area contributed by atoms with Crippen LogP contribution in [-0.4, -0.2) is 40.9 Å². The Hall–Kier alpha value is -2.31. The van der Waals surface area contributed by atoms with Gasteiger partial charge in [0.1, 0.15) is 5.60 Å². The molecule has 0 spiro atoms. The average Bonchev–Trinajstić information content (AvgIpc) is 2.36. The van der Waals surface area contributed by atoms with E-state index < -0.39 is 17.7 Å². The first-order valence-corrected chi connectivity index (χ1v) is 6.58. The maximum absolute atomic E-state index is 11.4. The largest absolute Gasteiger partial charge is 0.478 e. The highest BCUT2D eigenvalue weighted by Crippen LogP contribution is 2.08. The van der Waals surface area contributed by atoms with Gasteiger partial charge in [0.2, 0.25) is 5.88 Å². The number of ether oxygens (including phenoxy) is 2. The van der Waals surface area contributed by atoms with Crippen molar-refractivity contribution in [1.82, 2.24) is 10.3 Å². The normalized spacial score (nSPS) is 10.8. The SMILES string of the molecule is CC(C)(C)OC(=O)NCCCOc1cccc(C(=O)O)n1. The molecule has 7 nitrogen and oxygen atoms in total. The number of hydrogen-bond acceptors (Lipinski definition) is 5. The molecule has 0 aliphatic heterocycles. The van der Waals surface area contributed by atoms with Crippen molar-refractivity contribution < 1.29 is 24.2 Å². The van der Waals surface area contributed by atoms with Gasteiger partial charge >= 0.3 is 12.1 Å². The van der Waals surface area contributed by atoms with Crippen molar-refractivity contribution in [3.05, 3.63) is 23.9 Å². The van der Waals surface area contributed by atoms with Crippen molar-refractivity contribution in [2.75, 3.05) is 13.2 Å². The topological polar surface area (TPSA) is 97.8 Å². The minimum absolute atomic E-state index is 0.0700. The minimum atomic E-state index is -1.10. The molecule has 0 aliphatic carbocycles. The van der Waals surface area contributed by atoms with E-state index in [0.29, 0.717) is 19.6 Å². The molecule has 0 bridgehead atoms. The Morgan fingerprint density at radius 3 is 2.67 bits per heavy atom. The van der Waals surface area contributed by atoms with Crippen LogP contribution in [-0.2, 0) is 4.74 Å². The molecule has 0 saturated heterocycles. The highest BCUT2D eigenvalue weighted by atomic mass is 16.6. The summed E-state index contributed by atoms with van der Waals surface area (Å²) >= 11 is 0. The van der Waals surface area contributed by atoms with E-state index in [1.54, 1.807) is 32.9 Å². The smallest absolute Gasteiger partial charge is 0.407 e. The van der Waals surface area contributed by atoms with Crippen LogP contribution in [0.1, 0.15) is 37.7 Å². The summed E-state index contributed by atoms with van der Waals surface area (Å²) in [7, 11) is 0. The Labute approximate surface area is 123 Å². The fourth-order valence-corrected chi connectivity index (χ4v) is 1.37. The number of carbonyl (C=O) groups is 2. The predicted octanol–water partition coefficient (Wildman–Crippen LogP) is 2.07. The predicted molar refractivity (Wildman–Crippen MR) is 75.5 cm³/mol. The summed E-state index contributed by atoms with van der Waals surface area (Å²) in [6, 6.07) is 4.53. The number of nitrogens with one attached hydrogen (secondary N) is 1. The second kappa shape index (κ2) is 7.47. The first kappa shape index (κ1) is 16.7. The van der Waals surface area contributed by atoms with Gasteiger partial charge in [-0.15, -0.1) is 0 Å². The quantitative estimate of drug-likeness (QED) is 0.780. The summed E-state index contributed by atoms with van der Waals surface area (Å²) < 4.78 is 10.4. The number of amides is 1. The molecule has 1 amide bonds. The monoisotopic (exact) mass is 296 g/mol. The van der Waals surface area contributed by atoms with Gasteiger partial charge in [0.05, 0.1) is 6.61 Å². The molecule has 0 saturated carbocycles. The lowest BCUT2D eigenvalue weighted by Gasteiger charge is -2.19. The maximum Gasteiger partial charge on any atom is 0.407 e. The van der Waals surface area contributed by atoms with Gasteiger partial charge in [0.15, 0.2) is 5.69 Å². The van der Waals surface area contributed by atoms with Crippen molar-refractivity contribution in [2.24, 2.45) is 0 Å². The molecule has 1 heterocycles. The Morgan fingerprint density at radius 2 is 2.05 bits per heavy atom. The van der Waals surface area contributed by atoms with E-state index in [1.165, 1.54) is 6.07 Å². The van der Waals surface area contributed by atoms with E-state index in [1.807, 2.05) is 0 Å². The van der Waals surface area contributed by atoms with Crippen LogP contribution in [0.15, 0.2) is 18.2 Å². The van der Waals surface area contributed by atoms with Gasteiger partial charge < -0.3 is 19.9 Å². The Kier molecular flexibility index (Phi) is 5.95. The van der Waals surface area contributed by atoms with Crippen LogP contribution in [0, 0.1) is 0 Å². The number of carbonyl (C=O) groups excluding carboxylic acids is 1. The second-order valence-electron chi connectivity index (χ2n) is 5.30. The third kappa shape index (κ3) is 7.14. The lowest BCUT2D eigenvalue weighted by Crippen LogP contribution is -2.33. The molecule has 116 valence electrons. The number of hydrogen-bond donors (Lipinski definition) is 2. The molecule has 0 fully saturated rings. The van der Waals surface area contributed by atoms with E-state index in [2.05, 4.69) is 10.3 Å². The van der Waals surface area contributed by atoms with Gasteiger partial charge in [-0.05, 0) is 33.3 Å². The summed E-state index contributed by atoms with van der Waals surface area (Å²) in [6.45, 7) is 6.07. The third-order valence-corrected chi connectivity index (χ3v) is 2.18. The standard InChI is InChI=1S/C14H20N2O5/c1-14(2,3)21-13(19)15-8-5-9-20-11-7-4-6-10(16-11)12(17)18/h4,6-7H,5,8-9H2,1-3H3,(H,15,19)(H,17,18). The minimum Gasteiger partial charge on any atom is -0.478 e. The molecule has 0 aromatic carbocycles. The molecule has 0 aliphatic rings. The molecule has 1 rings (SSSR count). The summed E-state index contributed by atoms with van der Waals surface area (Å²) in [4.78, 5) is 25.9. The van der Waals surface area contributed by atoms with Gasteiger partial charge in [-0.25, -0.2) is 14.6 Å². The number of carboxylic acid groups (broad SMARTS) is 1. The van der Waals surface area contributed by atoms with E-state index in [9.17, 15) is 9.59 Å². The third-order valence-electron chi connectivity index (χ3n) is 2.18. The van der Waals surface area contributed by atoms with E-state index in [4.69, 9.17) is 14.6 Å². The molecule has 0 atom stereocenters. The summed E-state index contributed by atoms with van der Waals surface area (Å²) in [5, 5.41) is 11.4. The lowest BCUT2D eigenvalue weighted by atomic mass is 10.2. The van der Waals surface area contributed by atoms with Crippen LogP contribution < -0.4 is 10.1 Å². The second-order valence-corrected chi connectivity index (χ2v) is 5.30. The number of carboxylic acids is 1. The molecule has 1 aromatic heterocycles.